The van der Waals surface area contributed by atoms with Crippen LogP contribution in [0.5, 0.6) is 0 Å². The molecule has 3 aromatic heterocycles. The van der Waals surface area contributed by atoms with Crippen LogP contribution in [0.2, 0.25) is 0 Å². The molecule has 0 spiro atoms. The van der Waals surface area contributed by atoms with Gasteiger partial charge in [-0.15, -0.1) is 0 Å². The van der Waals surface area contributed by atoms with Gasteiger partial charge in [-0.05, 0) is 62.2 Å². The summed E-state index contributed by atoms with van der Waals surface area (Å²) in [6.07, 6.45) is 4.88. The highest BCUT2D eigenvalue weighted by atomic mass is 16.3. The van der Waals surface area contributed by atoms with E-state index in [4.69, 9.17) is 9.40 Å². The molecule has 4 heterocycles. The highest BCUT2D eigenvalue weighted by molar-refractivity contribution is 5.85. The van der Waals surface area contributed by atoms with E-state index in [9.17, 15) is 0 Å². The fourth-order valence-electron chi connectivity index (χ4n) is 4.49. The number of nitrogens with zero attached hydrogens (tertiary/aromatic N) is 2. The number of aryl methyl sites for hydroxylation is 1. The third-order valence-electron chi connectivity index (χ3n) is 5.71. The van der Waals surface area contributed by atoms with E-state index >= 15 is 0 Å². The zero-order chi connectivity index (χ0) is 19.8. The smallest absolute Gasteiger partial charge is 0.126 e. The maximum Gasteiger partial charge on any atom is 0.126 e. The number of benzene rings is 1. The SMILES string of the molecule is CC(=Cc1ccco1)CN1CCc2c([nH]c3ccccc23)C1c1cccc(C)n1. The Kier molecular flexibility index (Phi) is 4.57. The minimum Gasteiger partial charge on any atom is -0.465 e. The van der Waals surface area contributed by atoms with Gasteiger partial charge < -0.3 is 9.40 Å². The van der Waals surface area contributed by atoms with Gasteiger partial charge in [0.2, 0.25) is 0 Å². The number of aromatic nitrogens is 2. The van der Waals surface area contributed by atoms with Gasteiger partial charge in [-0.25, -0.2) is 0 Å². The van der Waals surface area contributed by atoms with Gasteiger partial charge in [-0.2, -0.15) is 0 Å². The van der Waals surface area contributed by atoms with Crippen molar-refractivity contribution in [1.29, 1.82) is 0 Å². The Morgan fingerprint density at radius 2 is 2.07 bits per heavy atom. The van der Waals surface area contributed by atoms with Crippen LogP contribution in [0, 0.1) is 6.92 Å². The van der Waals surface area contributed by atoms with Crippen LogP contribution in [0.15, 0.2) is 70.9 Å². The van der Waals surface area contributed by atoms with Gasteiger partial charge in [-0.3, -0.25) is 9.88 Å². The number of furan rings is 1. The molecule has 4 nitrogen and oxygen atoms in total. The monoisotopic (exact) mass is 383 g/mol. The molecule has 29 heavy (non-hydrogen) atoms. The van der Waals surface area contributed by atoms with Gasteiger partial charge in [-0.1, -0.05) is 29.8 Å². The Morgan fingerprint density at radius 1 is 1.17 bits per heavy atom. The van der Waals surface area contributed by atoms with Crippen LogP contribution in [0.25, 0.3) is 17.0 Å². The van der Waals surface area contributed by atoms with Gasteiger partial charge in [0.25, 0.3) is 0 Å². The van der Waals surface area contributed by atoms with Crippen molar-refractivity contribution in [2.45, 2.75) is 26.3 Å². The van der Waals surface area contributed by atoms with Crippen molar-refractivity contribution in [1.82, 2.24) is 14.9 Å². The first kappa shape index (κ1) is 18.0. The van der Waals surface area contributed by atoms with Crippen LogP contribution >= 0.6 is 0 Å². The van der Waals surface area contributed by atoms with E-state index < -0.39 is 0 Å². The number of H-pyrrole nitrogens is 1. The fraction of sp³-hybridized carbons (Fsp3) is 0.240. The maximum atomic E-state index is 5.50. The maximum absolute atomic E-state index is 5.50. The second-order valence-electron chi connectivity index (χ2n) is 7.90. The number of hydrogen-bond donors (Lipinski definition) is 1. The third-order valence-corrected chi connectivity index (χ3v) is 5.71. The van der Waals surface area contributed by atoms with E-state index in [0.29, 0.717) is 0 Å². The summed E-state index contributed by atoms with van der Waals surface area (Å²) in [4.78, 5) is 11.1. The summed E-state index contributed by atoms with van der Waals surface area (Å²) in [5.41, 5.74) is 7.34. The van der Waals surface area contributed by atoms with Crippen molar-refractivity contribution in [2.24, 2.45) is 0 Å². The molecule has 1 atom stereocenters. The van der Waals surface area contributed by atoms with Crippen molar-refractivity contribution in [3.8, 4) is 0 Å². The van der Waals surface area contributed by atoms with Crippen LogP contribution in [-0.4, -0.2) is 28.0 Å². The predicted molar refractivity (Wildman–Crippen MR) is 117 cm³/mol. The predicted octanol–water partition coefficient (Wildman–Crippen LogP) is 5.52. The molecule has 5 rings (SSSR count). The molecule has 1 aliphatic rings. The lowest BCUT2D eigenvalue weighted by Gasteiger charge is -2.35. The van der Waals surface area contributed by atoms with Crippen molar-refractivity contribution >= 4 is 17.0 Å². The van der Waals surface area contributed by atoms with Crippen LogP contribution in [0.3, 0.4) is 0 Å². The molecule has 1 unspecified atom stereocenters. The molecule has 4 aromatic rings. The molecular formula is C25H25N3O. The van der Waals surface area contributed by atoms with Crippen molar-refractivity contribution < 1.29 is 4.42 Å². The first-order valence-corrected chi connectivity index (χ1v) is 10.2. The average Bonchev–Trinajstić information content (AvgIpc) is 3.35. The lowest BCUT2D eigenvalue weighted by atomic mass is 9.94. The first-order chi connectivity index (χ1) is 14.2. The Morgan fingerprint density at radius 3 is 2.90 bits per heavy atom. The number of aromatic amines is 1. The lowest BCUT2D eigenvalue weighted by Crippen LogP contribution is -2.37. The Hall–Kier alpha value is -3.11. The number of para-hydroxylation sites is 1. The molecular weight excluding hydrogens is 358 g/mol. The topological polar surface area (TPSA) is 45.1 Å². The van der Waals surface area contributed by atoms with E-state index in [1.165, 1.54) is 27.7 Å². The summed E-state index contributed by atoms with van der Waals surface area (Å²) in [6, 6.07) is 19.0. The lowest BCUT2D eigenvalue weighted by molar-refractivity contribution is 0.225. The summed E-state index contributed by atoms with van der Waals surface area (Å²) in [5.74, 6) is 0.899. The van der Waals surface area contributed by atoms with E-state index in [1.54, 1.807) is 6.26 Å². The van der Waals surface area contributed by atoms with E-state index in [1.807, 2.05) is 12.1 Å². The van der Waals surface area contributed by atoms with Crippen LogP contribution in [0.4, 0.5) is 0 Å². The Balaban J connectivity index is 1.57. The van der Waals surface area contributed by atoms with E-state index in [2.05, 4.69) is 72.3 Å². The van der Waals surface area contributed by atoms with Crippen molar-refractivity contribution in [3.63, 3.8) is 0 Å². The second-order valence-corrected chi connectivity index (χ2v) is 7.90. The highest BCUT2D eigenvalue weighted by Crippen LogP contribution is 2.38. The second kappa shape index (κ2) is 7.37. The number of hydrogen-bond acceptors (Lipinski definition) is 3. The molecule has 146 valence electrons. The van der Waals surface area contributed by atoms with Crippen LogP contribution < -0.4 is 0 Å². The van der Waals surface area contributed by atoms with Crippen molar-refractivity contribution in [3.05, 3.63) is 94.8 Å². The Bertz CT molecular complexity index is 1170. The quantitative estimate of drug-likeness (QED) is 0.505. The van der Waals surface area contributed by atoms with Gasteiger partial charge in [0.1, 0.15) is 5.76 Å². The molecule has 1 aliphatic heterocycles. The van der Waals surface area contributed by atoms with Gasteiger partial charge in [0.15, 0.2) is 0 Å². The molecule has 1 N–H and O–H groups in total. The molecule has 0 saturated carbocycles. The first-order valence-electron chi connectivity index (χ1n) is 10.2. The molecule has 0 aliphatic carbocycles. The number of pyridine rings is 1. The molecule has 0 bridgehead atoms. The average molecular weight is 383 g/mol. The molecule has 0 fully saturated rings. The zero-order valence-electron chi connectivity index (χ0n) is 16.9. The largest absolute Gasteiger partial charge is 0.465 e. The summed E-state index contributed by atoms with van der Waals surface area (Å²) in [5, 5.41) is 1.34. The minimum atomic E-state index is 0.117. The normalized spacial score (nSPS) is 17.6. The fourth-order valence-corrected chi connectivity index (χ4v) is 4.49. The van der Waals surface area contributed by atoms with Gasteiger partial charge in [0, 0.05) is 35.4 Å². The molecule has 0 amide bonds. The minimum absolute atomic E-state index is 0.117. The zero-order valence-corrected chi connectivity index (χ0v) is 16.9. The molecule has 0 radical (unpaired) electrons. The standard InChI is InChI=1S/C25H25N3O/c1-17(15-19-8-6-14-29-19)16-28-13-12-21-20-9-3-4-10-22(20)27-24(21)25(28)23-11-5-7-18(2)26-23/h3-11,14-15,25,27H,12-13,16H2,1-2H3. The molecule has 4 heteroatoms. The highest BCUT2D eigenvalue weighted by Gasteiger charge is 2.32. The van der Waals surface area contributed by atoms with E-state index in [0.717, 1.165) is 36.7 Å². The van der Waals surface area contributed by atoms with Crippen molar-refractivity contribution in [2.75, 3.05) is 13.1 Å². The molecule has 1 aromatic carbocycles. The third kappa shape index (κ3) is 3.40. The van der Waals surface area contributed by atoms with E-state index in [-0.39, 0.29) is 6.04 Å². The summed E-state index contributed by atoms with van der Waals surface area (Å²) >= 11 is 0. The van der Waals surface area contributed by atoms with Gasteiger partial charge in [0.05, 0.1) is 18.0 Å². The van der Waals surface area contributed by atoms with Crippen LogP contribution in [-0.2, 0) is 6.42 Å². The number of fused-ring (bicyclic) bond motifs is 3. The molecule has 0 saturated heterocycles. The summed E-state index contributed by atoms with van der Waals surface area (Å²) < 4.78 is 5.50. The van der Waals surface area contributed by atoms with Gasteiger partial charge >= 0.3 is 0 Å². The summed E-state index contributed by atoms with van der Waals surface area (Å²) in [6.45, 7) is 6.10. The number of nitrogens with one attached hydrogen (secondary N) is 1. The Labute approximate surface area is 170 Å². The summed E-state index contributed by atoms with van der Waals surface area (Å²) in [7, 11) is 0. The van der Waals surface area contributed by atoms with Crippen LogP contribution in [0.1, 0.15) is 41.4 Å². The number of rotatable bonds is 4.